The number of methoxy groups -OCH3 is 1. The number of ether oxygens (including phenoxy) is 1. The van der Waals surface area contributed by atoms with Crippen molar-refractivity contribution in [2.45, 2.75) is 26.2 Å². The first-order valence-electron chi connectivity index (χ1n) is 8.75. The molecule has 6 nitrogen and oxygen atoms in total. The van der Waals surface area contributed by atoms with Gasteiger partial charge in [0.25, 0.3) is 5.91 Å². The third-order valence-electron chi connectivity index (χ3n) is 4.53. The Kier molecular flexibility index (Phi) is 6.42. The van der Waals surface area contributed by atoms with Crippen LogP contribution in [0.5, 0.6) is 0 Å². The van der Waals surface area contributed by atoms with Crippen LogP contribution in [-0.2, 0) is 10.2 Å². The second-order valence-corrected chi connectivity index (χ2v) is 7.38. The average Bonchev–Trinajstić information content (AvgIpc) is 2.61. The fourth-order valence-corrected chi connectivity index (χ4v) is 2.83. The molecule has 1 aliphatic heterocycles. The standard InChI is InChI=1S/C19H29N3O3/c1-19(2,3)16-7-5-15(6-8-16)17(23)20-9-10-21-11-13-22(14-12-21)18(24)25-4/h5-8H,9-14H2,1-4H3,(H,20,23). The quantitative estimate of drug-likeness (QED) is 0.906. The number of hydrogen-bond donors (Lipinski definition) is 1. The van der Waals surface area contributed by atoms with Crippen LogP contribution in [0.15, 0.2) is 24.3 Å². The van der Waals surface area contributed by atoms with E-state index in [1.54, 1.807) is 4.90 Å². The van der Waals surface area contributed by atoms with Gasteiger partial charge in [0.1, 0.15) is 0 Å². The van der Waals surface area contributed by atoms with Crippen LogP contribution in [0.2, 0.25) is 0 Å². The Hall–Kier alpha value is -2.08. The van der Waals surface area contributed by atoms with Gasteiger partial charge in [-0.05, 0) is 23.1 Å². The summed E-state index contributed by atoms with van der Waals surface area (Å²) in [7, 11) is 1.40. The lowest BCUT2D eigenvalue weighted by Gasteiger charge is -2.33. The number of benzene rings is 1. The summed E-state index contributed by atoms with van der Waals surface area (Å²) in [5, 5.41) is 2.96. The lowest BCUT2D eigenvalue weighted by molar-refractivity contribution is 0.0885. The Balaban J connectivity index is 1.73. The summed E-state index contributed by atoms with van der Waals surface area (Å²) in [6, 6.07) is 7.79. The zero-order valence-corrected chi connectivity index (χ0v) is 15.7. The van der Waals surface area contributed by atoms with Crippen molar-refractivity contribution in [2.24, 2.45) is 0 Å². The molecular weight excluding hydrogens is 318 g/mol. The zero-order valence-electron chi connectivity index (χ0n) is 15.7. The maximum atomic E-state index is 12.2. The number of nitrogens with zero attached hydrogens (tertiary/aromatic N) is 2. The summed E-state index contributed by atoms with van der Waals surface area (Å²) in [6.45, 7) is 10.8. The monoisotopic (exact) mass is 347 g/mol. The van der Waals surface area contributed by atoms with Gasteiger partial charge in [-0.1, -0.05) is 32.9 Å². The van der Waals surface area contributed by atoms with Crippen LogP contribution in [0.4, 0.5) is 4.79 Å². The maximum absolute atomic E-state index is 12.2. The molecule has 2 amide bonds. The molecule has 2 rings (SSSR count). The van der Waals surface area contributed by atoms with Gasteiger partial charge in [-0.3, -0.25) is 9.69 Å². The number of carbonyl (C=O) groups excluding carboxylic acids is 2. The van der Waals surface area contributed by atoms with Crippen molar-refractivity contribution in [3.63, 3.8) is 0 Å². The van der Waals surface area contributed by atoms with Gasteiger partial charge in [-0.15, -0.1) is 0 Å². The van der Waals surface area contributed by atoms with E-state index in [0.717, 1.165) is 19.6 Å². The number of amides is 2. The van der Waals surface area contributed by atoms with Crippen LogP contribution < -0.4 is 5.32 Å². The summed E-state index contributed by atoms with van der Waals surface area (Å²) >= 11 is 0. The molecule has 1 aromatic rings. The fraction of sp³-hybridized carbons (Fsp3) is 0.579. The fourth-order valence-electron chi connectivity index (χ4n) is 2.83. The number of hydrogen-bond acceptors (Lipinski definition) is 4. The molecule has 1 fully saturated rings. The molecular formula is C19H29N3O3. The second kappa shape index (κ2) is 8.34. The van der Waals surface area contributed by atoms with Crippen LogP contribution in [0, 0.1) is 0 Å². The average molecular weight is 347 g/mol. The lowest BCUT2D eigenvalue weighted by atomic mass is 9.87. The lowest BCUT2D eigenvalue weighted by Crippen LogP contribution is -2.50. The van der Waals surface area contributed by atoms with Crippen molar-refractivity contribution in [3.05, 3.63) is 35.4 Å². The molecule has 0 saturated carbocycles. The number of rotatable bonds is 4. The summed E-state index contributed by atoms with van der Waals surface area (Å²) in [5.74, 6) is -0.0475. The Morgan fingerprint density at radius 3 is 2.20 bits per heavy atom. The largest absolute Gasteiger partial charge is 0.453 e. The van der Waals surface area contributed by atoms with Gasteiger partial charge in [0.15, 0.2) is 0 Å². The molecule has 0 radical (unpaired) electrons. The molecule has 25 heavy (non-hydrogen) atoms. The van der Waals surface area contributed by atoms with Crippen LogP contribution >= 0.6 is 0 Å². The van der Waals surface area contributed by atoms with Gasteiger partial charge < -0.3 is 15.0 Å². The van der Waals surface area contributed by atoms with Crippen LogP contribution in [0.3, 0.4) is 0 Å². The van der Waals surface area contributed by atoms with E-state index >= 15 is 0 Å². The molecule has 138 valence electrons. The minimum atomic E-state index is -0.272. The topological polar surface area (TPSA) is 61.9 Å². The molecule has 0 atom stereocenters. The summed E-state index contributed by atoms with van der Waals surface area (Å²) in [6.07, 6.45) is -0.272. The van der Waals surface area contributed by atoms with E-state index in [2.05, 4.69) is 31.0 Å². The Morgan fingerprint density at radius 2 is 1.68 bits per heavy atom. The van der Waals surface area contributed by atoms with E-state index in [-0.39, 0.29) is 17.4 Å². The molecule has 0 aromatic heterocycles. The molecule has 0 aliphatic carbocycles. The van der Waals surface area contributed by atoms with Gasteiger partial charge >= 0.3 is 6.09 Å². The van der Waals surface area contributed by atoms with Crippen molar-refractivity contribution < 1.29 is 14.3 Å². The highest BCUT2D eigenvalue weighted by Crippen LogP contribution is 2.22. The Morgan fingerprint density at radius 1 is 1.08 bits per heavy atom. The van der Waals surface area contributed by atoms with E-state index in [9.17, 15) is 9.59 Å². The Bertz CT molecular complexity index is 585. The second-order valence-electron chi connectivity index (χ2n) is 7.38. The van der Waals surface area contributed by atoms with E-state index < -0.39 is 0 Å². The third kappa shape index (κ3) is 5.46. The molecule has 0 bridgehead atoms. The highest BCUT2D eigenvalue weighted by Gasteiger charge is 2.21. The highest BCUT2D eigenvalue weighted by molar-refractivity contribution is 5.94. The van der Waals surface area contributed by atoms with Crippen LogP contribution in [-0.4, -0.2) is 68.2 Å². The van der Waals surface area contributed by atoms with Crippen molar-refractivity contribution in [2.75, 3.05) is 46.4 Å². The SMILES string of the molecule is COC(=O)N1CCN(CCNC(=O)c2ccc(C(C)(C)C)cc2)CC1. The van der Waals surface area contributed by atoms with Gasteiger partial charge in [-0.2, -0.15) is 0 Å². The zero-order chi connectivity index (χ0) is 18.4. The van der Waals surface area contributed by atoms with Gasteiger partial charge in [-0.25, -0.2) is 4.79 Å². The van der Waals surface area contributed by atoms with Gasteiger partial charge in [0.2, 0.25) is 0 Å². The van der Waals surface area contributed by atoms with Gasteiger partial charge in [0, 0.05) is 44.8 Å². The molecule has 6 heteroatoms. The predicted octanol–water partition coefficient (Wildman–Crippen LogP) is 2.10. The van der Waals surface area contributed by atoms with E-state index in [1.165, 1.54) is 12.7 Å². The van der Waals surface area contributed by atoms with Crippen molar-refractivity contribution in [1.29, 1.82) is 0 Å². The molecule has 0 spiro atoms. The van der Waals surface area contributed by atoms with Gasteiger partial charge in [0.05, 0.1) is 7.11 Å². The molecule has 1 heterocycles. The third-order valence-corrected chi connectivity index (χ3v) is 4.53. The van der Waals surface area contributed by atoms with E-state index in [0.29, 0.717) is 25.2 Å². The first-order chi connectivity index (χ1) is 11.8. The smallest absolute Gasteiger partial charge is 0.409 e. The highest BCUT2D eigenvalue weighted by atomic mass is 16.5. The van der Waals surface area contributed by atoms with Crippen molar-refractivity contribution in [3.8, 4) is 0 Å². The summed E-state index contributed by atoms with van der Waals surface area (Å²) in [4.78, 5) is 27.6. The van der Waals surface area contributed by atoms with E-state index in [1.807, 2.05) is 24.3 Å². The van der Waals surface area contributed by atoms with Crippen molar-refractivity contribution >= 4 is 12.0 Å². The van der Waals surface area contributed by atoms with E-state index in [4.69, 9.17) is 4.74 Å². The molecule has 0 unspecified atom stereocenters. The molecule has 1 saturated heterocycles. The minimum Gasteiger partial charge on any atom is -0.453 e. The molecule has 1 N–H and O–H groups in total. The normalized spacial score (nSPS) is 15.8. The molecule has 1 aromatic carbocycles. The Labute approximate surface area is 150 Å². The van der Waals surface area contributed by atoms with Crippen LogP contribution in [0.1, 0.15) is 36.7 Å². The summed E-state index contributed by atoms with van der Waals surface area (Å²) in [5.41, 5.74) is 1.98. The predicted molar refractivity (Wildman–Crippen MR) is 97.9 cm³/mol. The summed E-state index contributed by atoms with van der Waals surface area (Å²) < 4.78 is 4.73. The maximum Gasteiger partial charge on any atom is 0.409 e. The number of carbonyl (C=O) groups is 2. The van der Waals surface area contributed by atoms with Crippen molar-refractivity contribution in [1.82, 2.24) is 15.1 Å². The number of piperazine rings is 1. The first kappa shape index (κ1) is 19.2. The molecule has 1 aliphatic rings. The minimum absolute atomic E-state index is 0.0475. The first-order valence-corrected chi connectivity index (χ1v) is 8.75. The van der Waals surface area contributed by atoms with Crippen LogP contribution in [0.25, 0.3) is 0 Å². The number of nitrogens with one attached hydrogen (secondary N) is 1.